The molecule has 3 aromatic carbocycles. The minimum Gasteiger partial charge on any atom is -0.326 e. The number of urea groups is 1. The molecule has 32 heavy (non-hydrogen) atoms. The summed E-state index contributed by atoms with van der Waals surface area (Å²) in [5.74, 6) is 0. The Labute approximate surface area is 189 Å². The van der Waals surface area contributed by atoms with Gasteiger partial charge in [-0.1, -0.05) is 30.3 Å². The molecular formula is C25H21N5OS. The Hall–Kier alpha value is -3.94. The summed E-state index contributed by atoms with van der Waals surface area (Å²) in [5, 5.41) is 18.6. The molecule has 5 aromatic rings. The zero-order valence-corrected chi connectivity index (χ0v) is 17.9. The molecule has 0 fully saturated rings. The van der Waals surface area contributed by atoms with E-state index in [-0.39, 0.29) is 6.03 Å². The fourth-order valence-electron chi connectivity index (χ4n) is 3.63. The van der Waals surface area contributed by atoms with Crippen LogP contribution >= 0.6 is 11.3 Å². The molecule has 0 unspecified atom stereocenters. The van der Waals surface area contributed by atoms with Crippen LogP contribution in [0.5, 0.6) is 0 Å². The number of hydrogen-bond donors (Lipinski definition) is 4. The van der Waals surface area contributed by atoms with Crippen molar-refractivity contribution in [2.45, 2.75) is 6.54 Å². The fraction of sp³-hybridized carbons (Fsp3) is 0.0400. The van der Waals surface area contributed by atoms with Gasteiger partial charge in [-0.3, -0.25) is 5.10 Å². The summed E-state index contributed by atoms with van der Waals surface area (Å²) in [6.45, 7) is 0.429. The molecule has 5 rings (SSSR count). The van der Waals surface area contributed by atoms with Crippen LogP contribution in [-0.4, -0.2) is 16.2 Å². The van der Waals surface area contributed by atoms with Crippen molar-refractivity contribution in [1.82, 2.24) is 10.2 Å². The molecule has 7 heteroatoms. The molecule has 158 valence electrons. The molecule has 0 radical (unpaired) electrons. The van der Waals surface area contributed by atoms with Crippen molar-refractivity contribution in [2.75, 3.05) is 10.6 Å². The Morgan fingerprint density at radius 1 is 0.906 bits per heavy atom. The van der Waals surface area contributed by atoms with Crippen molar-refractivity contribution in [3.8, 4) is 22.4 Å². The minimum atomic E-state index is -0.299. The maximum absolute atomic E-state index is 12.3. The van der Waals surface area contributed by atoms with Crippen molar-refractivity contribution >= 4 is 39.6 Å². The van der Waals surface area contributed by atoms with Crippen LogP contribution in [0.25, 0.3) is 33.3 Å². The van der Waals surface area contributed by atoms with E-state index in [0.29, 0.717) is 17.9 Å². The second-order valence-corrected chi connectivity index (χ2v) is 8.19. The van der Waals surface area contributed by atoms with E-state index in [1.54, 1.807) is 11.3 Å². The number of fused-ring (bicyclic) bond motifs is 1. The number of hydrogen-bond acceptors (Lipinski definition) is 4. The lowest BCUT2D eigenvalue weighted by Crippen LogP contribution is -2.19. The number of benzene rings is 3. The fourth-order valence-corrected chi connectivity index (χ4v) is 4.27. The number of amides is 2. The summed E-state index contributed by atoms with van der Waals surface area (Å²) in [6, 6.07) is 23.3. The molecule has 0 spiro atoms. The lowest BCUT2D eigenvalue weighted by Gasteiger charge is -2.09. The van der Waals surface area contributed by atoms with Crippen LogP contribution in [0.4, 0.5) is 16.2 Å². The highest BCUT2D eigenvalue weighted by molar-refractivity contribution is 7.08. The van der Waals surface area contributed by atoms with Crippen LogP contribution in [0.2, 0.25) is 0 Å². The lowest BCUT2D eigenvalue weighted by molar-refractivity contribution is 0.262. The third-order valence-electron chi connectivity index (χ3n) is 5.25. The van der Waals surface area contributed by atoms with Gasteiger partial charge in [0, 0.05) is 34.2 Å². The monoisotopic (exact) mass is 439 g/mol. The van der Waals surface area contributed by atoms with E-state index in [9.17, 15) is 4.79 Å². The van der Waals surface area contributed by atoms with Crippen molar-refractivity contribution in [1.29, 1.82) is 0 Å². The average Bonchev–Trinajstić information content (AvgIpc) is 3.49. The summed E-state index contributed by atoms with van der Waals surface area (Å²) in [6.07, 6.45) is 0. The second-order valence-electron chi connectivity index (χ2n) is 7.41. The maximum Gasteiger partial charge on any atom is 0.323 e. The Bertz CT molecular complexity index is 1370. The van der Waals surface area contributed by atoms with Crippen molar-refractivity contribution in [3.05, 3.63) is 89.1 Å². The summed E-state index contributed by atoms with van der Waals surface area (Å²) >= 11 is 1.66. The van der Waals surface area contributed by atoms with Crippen LogP contribution in [0.15, 0.2) is 83.6 Å². The predicted molar refractivity (Wildman–Crippen MR) is 132 cm³/mol. The molecule has 6 nitrogen and oxygen atoms in total. The number of nitrogens with two attached hydrogens (primary N) is 1. The van der Waals surface area contributed by atoms with Crippen LogP contribution in [0.3, 0.4) is 0 Å². The normalized spacial score (nSPS) is 10.9. The Kier molecular flexibility index (Phi) is 5.41. The third-order valence-corrected chi connectivity index (χ3v) is 5.94. The van der Waals surface area contributed by atoms with E-state index in [0.717, 1.165) is 38.9 Å². The third kappa shape index (κ3) is 4.12. The first-order chi connectivity index (χ1) is 15.7. The molecule has 0 bridgehead atoms. The largest absolute Gasteiger partial charge is 0.326 e. The molecule has 2 heterocycles. The maximum atomic E-state index is 12.3. The first-order valence-corrected chi connectivity index (χ1v) is 11.1. The number of aromatic nitrogens is 2. The number of aromatic amines is 1. The van der Waals surface area contributed by atoms with Gasteiger partial charge < -0.3 is 16.4 Å². The van der Waals surface area contributed by atoms with Crippen molar-refractivity contribution in [3.63, 3.8) is 0 Å². The smallest absolute Gasteiger partial charge is 0.323 e. The molecule has 5 N–H and O–H groups in total. The molecular weight excluding hydrogens is 418 g/mol. The molecule has 0 aliphatic rings. The van der Waals surface area contributed by atoms with Gasteiger partial charge in [0.2, 0.25) is 0 Å². The number of nitrogens with one attached hydrogen (secondary N) is 3. The van der Waals surface area contributed by atoms with E-state index in [2.05, 4.69) is 55.9 Å². The van der Waals surface area contributed by atoms with Gasteiger partial charge in [0.05, 0.1) is 5.52 Å². The summed E-state index contributed by atoms with van der Waals surface area (Å²) in [7, 11) is 0. The van der Waals surface area contributed by atoms with Gasteiger partial charge >= 0.3 is 6.03 Å². The Morgan fingerprint density at radius 2 is 1.72 bits per heavy atom. The summed E-state index contributed by atoms with van der Waals surface area (Å²) in [5.41, 5.74) is 13.2. The van der Waals surface area contributed by atoms with Crippen molar-refractivity contribution < 1.29 is 4.79 Å². The van der Waals surface area contributed by atoms with Crippen LogP contribution in [0.1, 0.15) is 5.56 Å². The molecule has 0 aliphatic heterocycles. The number of H-pyrrole nitrogens is 1. The van der Waals surface area contributed by atoms with Gasteiger partial charge in [0.1, 0.15) is 5.69 Å². The highest BCUT2D eigenvalue weighted by atomic mass is 32.1. The van der Waals surface area contributed by atoms with Gasteiger partial charge in [-0.2, -0.15) is 16.4 Å². The van der Waals surface area contributed by atoms with E-state index < -0.39 is 0 Å². The van der Waals surface area contributed by atoms with E-state index >= 15 is 0 Å². The van der Waals surface area contributed by atoms with E-state index in [4.69, 9.17) is 5.73 Å². The standard InChI is InChI=1S/C25H21N5OS/c26-14-16-2-1-3-21(12-16)28-25(31)27-20-7-4-17(5-8-20)18-6-9-22-23(13-18)29-30-24(22)19-10-11-32-15-19/h1-13,15H,14,26H2,(H,29,30)(H2,27,28,31). The second kappa shape index (κ2) is 8.66. The highest BCUT2D eigenvalue weighted by Gasteiger charge is 2.10. The SMILES string of the molecule is NCc1cccc(NC(=O)Nc2ccc(-c3ccc4c(-c5ccsc5)n[nH]c4c3)cc2)c1. The summed E-state index contributed by atoms with van der Waals surface area (Å²) < 4.78 is 0. The van der Waals surface area contributed by atoms with Gasteiger partial charge in [-0.15, -0.1) is 0 Å². The number of carbonyl (C=O) groups is 1. The first-order valence-electron chi connectivity index (χ1n) is 10.2. The number of rotatable bonds is 5. The molecule has 2 amide bonds. The van der Waals surface area contributed by atoms with Gasteiger partial charge in [-0.25, -0.2) is 4.79 Å². The Morgan fingerprint density at radius 3 is 2.50 bits per heavy atom. The molecule has 2 aromatic heterocycles. The average molecular weight is 440 g/mol. The van der Waals surface area contributed by atoms with E-state index in [1.165, 1.54) is 0 Å². The van der Waals surface area contributed by atoms with Crippen molar-refractivity contribution in [2.24, 2.45) is 5.73 Å². The summed E-state index contributed by atoms with van der Waals surface area (Å²) in [4.78, 5) is 12.3. The predicted octanol–water partition coefficient (Wildman–Crippen LogP) is 6.06. The first kappa shape index (κ1) is 20.0. The Balaban J connectivity index is 1.30. The van der Waals surface area contributed by atoms with Gasteiger partial charge in [-0.05, 0) is 64.5 Å². The number of thiophene rings is 1. The molecule has 0 saturated heterocycles. The zero-order chi connectivity index (χ0) is 21.9. The van der Waals surface area contributed by atoms with Crippen LogP contribution in [0, 0.1) is 0 Å². The zero-order valence-electron chi connectivity index (χ0n) is 17.1. The molecule has 0 atom stereocenters. The molecule has 0 saturated carbocycles. The van der Waals surface area contributed by atoms with Gasteiger partial charge in [0.15, 0.2) is 0 Å². The quantitative estimate of drug-likeness (QED) is 0.268. The highest BCUT2D eigenvalue weighted by Crippen LogP contribution is 2.31. The number of nitrogens with zero attached hydrogens (tertiary/aromatic N) is 1. The lowest BCUT2D eigenvalue weighted by atomic mass is 10.0. The van der Waals surface area contributed by atoms with Crippen LogP contribution in [-0.2, 0) is 6.54 Å². The van der Waals surface area contributed by atoms with Crippen LogP contribution < -0.4 is 16.4 Å². The number of carbonyl (C=O) groups excluding carboxylic acids is 1. The van der Waals surface area contributed by atoms with Gasteiger partial charge in [0.25, 0.3) is 0 Å². The van der Waals surface area contributed by atoms with E-state index in [1.807, 2.05) is 48.5 Å². The number of anilines is 2. The molecule has 0 aliphatic carbocycles. The minimum absolute atomic E-state index is 0.299. The topological polar surface area (TPSA) is 95.8 Å².